The molecule has 0 aromatic heterocycles. The lowest BCUT2D eigenvalue weighted by molar-refractivity contribution is 0.450. The summed E-state index contributed by atoms with van der Waals surface area (Å²) in [4.78, 5) is 0. The Bertz CT molecular complexity index is 132. The molecule has 1 saturated carbocycles. The predicted octanol–water partition coefficient (Wildman–Crippen LogP) is 1.77. The molecule has 0 aromatic rings. The van der Waals surface area contributed by atoms with Crippen molar-refractivity contribution in [1.29, 1.82) is 0 Å². The average molecular weight is 202 g/mol. The molecule has 0 heterocycles. The highest BCUT2D eigenvalue weighted by Crippen LogP contribution is 2.20. The van der Waals surface area contributed by atoms with E-state index in [1.54, 1.807) is 0 Å². The summed E-state index contributed by atoms with van der Waals surface area (Å²) >= 11 is 4.34. The van der Waals surface area contributed by atoms with Crippen molar-refractivity contribution in [3.05, 3.63) is 0 Å². The topological polar surface area (TPSA) is 24.1 Å². The van der Waals surface area contributed by atoms with Crippen LogP contribution >= 0.6 is 12.6 Å². The first-order valence-corrected chi connectivity index (χ1v) is 5.79. The molecule has 0 saturated heterocycles. The second-order valence-electron chi connectivity index (χ2n) is 4.37. The summed E-state index contributed by atoms with van der Waals surface area (Å²) in [5, 5.41) is 7.37. The maximum Gasteiger partial charge on any atom is 0.0475 e. The molecular weight excluding hydrogens is 180 g/mol. The van der Waals surface area contributed by atoms with Gasteiger partial charge in [-0.25, -0.2) is 0 Å². The first kappa shape index (κ1) is 11.3. The lowest BCUT2D eigenvalue weighted by Gasteiger charge is -2.17. The second-order valence-corrected chi connectivity index (χ2v) is 5.15. The monoisotopic (exact) mass is 202 g/mol. The van der Waals surface area contributed by atoms with Crippen molar-refractivity contribution in [2.75, 3.05) is 0 Å². The van der Waals surface area contributed by atoms with Crippen LogP contribution in [-0.4, -0.2) is 23.5 Å². The van der Waals surface area contributed by atoms with Crippen molar-refractivity contribution in [2.24, 2.45) is 0 Å². The van der Waals surface area contributed by atoms with Crippen LogP contribution in [0.2, 0.25) is 0 Å². The van der Waals surface area contributed by atoms with Gasteiger partial charge in [-0.05, 0) is 26.2 Å². The highest BCUT2D eigenvalue weighted by molar-refractivity contribution is 7.80. The number of nitrogens with one attached hydrogen (secondary N) is 2. The zero-order valence-electron chi connectivity index (χ0n) is 8.88. The fourth-order valence-electron chi connectivity index (χ4n) is 2.10. The Kier molecular flexibility index (Phi) is 4.56. The van der Waals surface area contributed by atoms with E-state index in [4.69, 9.17) is 0 Å². The summed E-state index contributed by atoms with van der Waals surface area (Å²) in [5.74, 6) is 0. The van der Waals surface area contributed by atoms with Gasteiger partial charge in [0.2, 0.25) is 0 Å². The normalized spacial score (nSPS) is 31.2. The van der Waals surface area contributed by atoms with Gasteiger partial charge in [0.05, 0.1) is 0 Å². The van der Waals surface area contributed by atoms with Crippen LogP contribution < -0.4 is 10.6 Å². The minimum absolute atomic E-state index is 0.322. The van der Waals surface area contributed by atoms with Crippen molar-refractivity contribution < 1.29 is 0 Å². The molecule has 0 aromatic carbocycles. The third-order valence-electron chi connectivity index (χ3n) is 2.48. The Labute approximate surface area is 87.3 Å². The van der Waals surface area contributed by atoms with Gasteiger partial charge in [-0.3, -0.25) is 0 Å². The van der Waals surface area contributed by atoms with E-state index in [0.29, 0.717) is 23.5 Å². The van der Waals surface area contributed by atoms with Gasteiger partial charge < -0.3 is 10.6 Å². The van der Waals surface area contributed by atoms with E-state index in [1.807, 2.05) is 0 Å². The Morgan fingerprint density at radius 1 is 1.08 bits per heavy atom. The summed E-state index contributed by atoms with van der Waals surface area (Å²) in [6, 6.07) is 1.99. The zero-order valence-corrected chi connectivity index (χ0v) is 9.77. The molecule has 0 radical (unpaired) electrons. The standard InChI is InChI=1S/C10H22N2S/c1-7(2)11-9-4-5-10(6-9)12-8(3)13/h7-13H,4-6H2,1-3H3/t8?,9-,10-/m0/s1. The Hall–Kier alpha value is 0.270. The second kappa shape index (κ2) is 5.23. The molecule has 3 atom stereocenters. The first-order chi connectivity index (χ1) is 6.08. The van der Waals surface area contributed by atoms with Crippen LogP contribution in [0.1, 0.15) is 40.0 Å². The minimum Gasteiger partial charge on any atom is -0.312 e. The summed E-state index contributed by atoms with van der Waals surface area (Å²) in [6.45, 7) is 6.51. The Balaban J connectivity index is 2.20. The molecular formula is C10H22N2S. The van der Waals surface area contributed by atoms with Crippen LogP contribution in [-0.2, 0) is 0 Å². The van der Waals surface area contributed by atoms with E-state index in [9.17, 15) is 0 Å². The SMILES string of the molecule is CC(C)N[C@H]1CC[C@H](NC(C)S)C1. The molecule has 0 spiro atoms. The van der Waals surface area contributed by atoms with Crippen LogP contribution in [0.15, 0.2) is 0 Å². The lowest BCUT2D eigenvalue weighted by Crippen LogP contribution is -2.36. The summed E-state index contributed by atoms with van der Waals surface area (Å²) in [7, 11) is 0. The first-order valence-electron chi connectivity index (χ1n) is 5.28. The van der Waals surface area contributed by atoms with Gasteiger partial charge in [-0.15, -0.1) is 0 Å². The molecule has 1 rings (SSSR count). The highest BCUT2D eigenvalue weighted by atomic mass is 32.1. The van der Waals surface area contributed by atoms with Crippen LogP contribution in [0.4, 0.5) is 0 Å². The molecule has 1 aliphatic rings. The molecule has 0 aliphatic heterocycles. The Morgan fingerprint density at radius 2 is 1.62 bits per heavy atom. The third kappa shape index (κ3) is 4.34. The predicted molar refractivity (Wildman–Crippen MR) is 61.3 cm³/mol. The van der Waals surface area contributed by atoms with Crippen LogP contribution in [0.3, 0.4) is 0 Å². The van der Waals surface area contributed by atoms with E-state index in [0.717, 1.165) is 0 Å². The summed E-state index contributed by atoms with van der Waals surface area (Å²) < 4.78 is 0. The summed E-state index contributed by atoms with van der Waals surface area (Å²) in [5.41, 5.74) is 0. The lowest BCUT2D eigenvalue weighted by atomic mass is 10.2. The van der Waals surface area contributed by atoms with Gasteiger partial charge in [0.1, 0.15) is 0 Å². The van der Waals surface area contributed by atoms with Crippen molar-refractivity contribution in [3.8, 4) is 0 Å². The molecule has 1 unspecified atom stereocenters. The molecule has 2 N–H and O–H groups in total. The van der Waals surface area contributed by atoms with Gasteiger partial charge in [-0.1, -0.05) is 13.8 Å². The van der Waals surface area contributed by atoms with Gasteiger partial charge in [-0.2, -0.15) is 12.6 Å². The number of rotatable bonds is 4. The fourth-order valence-corrected chi connectivity index (χ4v) is 2.31. The van der Waals surface area contributed by atoms with Crippen LogP contribution in [0.25, 0.3) is 0 Å². The van der Waals surface area contributed by atoms with Gasteiger partial charge in [0.15, 0.2) is 0 Å². The van der Waals surface area contributed by atoms with E-state index in [1.165, 1.54) is 19.3 Å². The smallest absolute Gasteiger partial charge is 0.0475 e. The minimum atomic E-state index is 0.322. The molecule has 0 bridgehead atoms. The van der Waals surface area contributed by atoms with Gasteiger partial charge >= 0.3 is 0 Å². The quantitative estimate of drug-likeness (QED) is 0.478. The van der Waals surface area contributed by atoms with Crippen molar-refractivity contribution in [2.45, 2.75) is 63.5 Å². The summed E-state index contributed by atoms with van der Waals surface area (Å²) in [6.07, 6.45) is 3.84. The van der Waals surface area contributed by atoms with E-state index >= 15 is 0 Å². The average Bonchev–Trinajstić information content (AvgIpc) is 2.33. The van der Waals surface area contributed by atoms with Crippen molar-refractivity contribution >= 4 is 12.6 Å². The largest absolute Gasteiger partial charge is 0.312 e. The highest BCUT2D eigenvalue weighted by Gasteiger charge is 2.24. The van der Waals surface area contributed by atoms with Crippen molar-refractivity contribution in [1.82, 2.24) is 10.6 Å². The number of hydrogen-bond donors (Lipinski definition) is 3. The number of hydrogen-bond acceptors (Lipinski definition) is 3. The molecule has 1 fully saturated rings. The van der Waals surface area contributed by atoms with Crippen LogP contribution in [0, 0.1) is 0 Å². The van der Waals surface area contributed by atoms with Gasteiger partial charge in [0.25, 0.3) is 0 Å². The van der Waals surface area contributed by atoms with Crippen LogP contribution in [0.5, 0.6) is 0 Å². The molecule has 2 nitrogen and oxygen atoms in total. The maximum atomic E-state index is 4.34. The van der Waals surface area contributed by atoms with Crippen molar-refractivity contribution in [3.63, 3.8) is 0 Å². The number of thiol groups is 1. The van der Waals surface area contributed by atoms with E-state index in [-0.39, 0.29) is 0 Å². The molecule has 3 heteroatoms. The molecule has 1 aliphatic carbocycles. The van der Waals surface area contributed by atoms with E-state index in [2.05, 4.69) is 44.0 Å². The molecule has 0 amide bonds. The van der Waals surface area contributed by atoms with E-state index < -0.39 is 0 Å². The zero-order chi connectivity index (χ0) is 9.84. The molecule has 78 valence electrons. The molecule has 13 heavy (non-hydrogen) atoms. The third-order valence-corrected chi connectivity index (χ3v) is 2.63. The maximum absolute atomic E-state index is 4.34. The Morgan fingerprint density at radius 3 is 2.08 bits per heavy atom. The fraction of sp³-hybridized carbons (Fsp3) is 1.00. The van der Waals surface area contributed by atoms with Gasteiger partial charge in [0, 0.05) is 23.5 Å².